The lowest BCUT2D eigenvalue weighted by molar-refractivity contribution is 0.598. The van der Waals surface area contributed by atoms with E-state index in [0.29, 0.717) is 6.04 Å². The van der Waals surface area contributed by atoms with Crippen LogP contribution < -0.4 is 5.32 Å². The summed E-state index contributed by atoms with van der Waals surface area (Å²) in [5.74, 6) is 1.04. The second-order valence-corrected chi connectivity index (χ2v) is 3.64. The van der Waals surface area contributed by atoms with Gasteiger partial charge in [-0.3, -0.25) is 4.40 Å². The normalized spacial score (nSPS) is 21.9. The third-order valence-corrected chi connectivity index (χ3v) is 2.71. The summed E-state index contributed by atoms with van der Waals surface area (Å²) in [7, 11) is 0. The molecule has 3 heterocycles. The van der Waals surface area contributed by atoms with Gasteiger partial charge < -0.3 is 5.32 Å². The lowest BCUT2D eigenvalue weighted by Gasteiger charge is -2.06. The van der Waals surface area contributed by atoms with E-state index in [2.05, 4.69) is 19.9 Å². The molecule has 1 N–H and O–H groups in total. The maximum atomic E-state index is 4.23. The van der Waals surface area contributed by atoms with Gasteiger partial charge in [0.2, 0.25) is 0 Å². The summed E-state index contributed by atoms with van der Waals surface area (Å²) < 4.78 is 2.06. The minimum absolute atomic E-state index is 0.382. The molecule has 0 amide bonds. The third-order valence-electron chi connectivity index (χ3n) is 2.71. The van der Waals surface area contributed by atoms with E-state index >= 15 is 0 Å². The van der Waals surface area contributed by atoms with Gasteiger partial charge in [-0.2, -0.15) is 0 Å². The number of fused-ring (bicyclic) bond motifs is 1. The molecular weight excluding hydrogens is 176 g/mol. The Labute approximate surface area is 82.0 Å². The summed E-state index contributed by atoms with van der Waals surface area (Å²) in [6.07, 6.45) is 4.41. The number of hydrogen-bond acceptors (Lipinski definition) is 3. The predicted octanol–water partition coefficient (Wildman–Crippen LogP) is 1.15. The van der Waals surface area contributed by atoms with Crippen molar-refractivity contribution < 1.29 is 0 Å². The molecule has 0 radical (unpaired) electrons. The molecule has 0 aliphatic carbocycles. The molecule has 0 aromatic carbocycles. The Morgan fingerprint density at radius 3 is 3.21 bits per heavy atom. The number of nitrogens with zero attached hydrogens (tertiary/aromatic N) is 3. The van der Waals surface area contributed by atoms with Crippen molar-refractivity contribution in [1.29, 1.82) is 0 Å². The standard InChI is InChI=1S/C10H12N4/c1-2-7-14-9(5-1)12-13-10(14)8-4-3-6-11-8/h1-2,5,7-8,11H,3-4,6H2/t8-/m0/s1. The molecule has 1 atom stereocenters. The first-order valence-corrected chi connectivity index (χ1v) is 4.98. The second-order valence-electron chi connectivity index (χ2n) is 3.64. The van der Waals surface area contributed by atoms with Gasteiger partial charge in [0.1, 0.15) is 0 Å². The van der Waals surface area contributed by atoms with Gasteiger partial charge in [0, 0.05) is 6.20 Å². The Hall–Kier alpha value is -1.42. The molecule has 1 aliphatic heterocycles. The maximum absolute atomic E-state index is 4.23. The highest BCUT2D eigenvalue weighted by Gasteiger charge is 2.20. The summed E-state index contributed by atoms with van der Waals surface area (Å²) in [6.45, 7) is 1.09. The van der Waals surface area contributed by atoms with E-state index in [-0.39, 0.29) is 0 Å². The monoisotopic (exact) mass is 188 g/mol. The molecule has 1 aliphatic rings. The van der Waals surface area contributed by atoms with Crippen LogP contribution >= 0.6 is 0 Å². The van der Waals surface area contributed by atoms with Crippen molar-refractivity contribution in [2.45, 2.75) is 18.9 Å². The van der Waals surface area contributed by atoms with Crippen LogP contribution in [-0.4, -0.2) is 21.1 Å². The molecule has 72 valence electrons. The average Bonchev–Trinajstić information content (AvgIpc) is 2.85. The summed E-state index contributed by atoms with van der Waals surface area (Å²) in [5.41, 5.74) is 0.927. The lowest BCUT2D eigenvalue weighted by Crippen LogP contribution is -2.15. The fraction of sp³-hybridized carbons (Fsp3) is 0.400. The molecule has 14 heavy (non-hydrogen) atoms. The van der Waals surface area contributed by atoms with Crippen LogP contribution in [-0.2, 0) is 0 Å². The highest BCUT2D eigenvalue weighted by atomic mass is 15.3. The molecule has 1 fully saturated rings. The van der Waals surface area contributed by atoms with Gasteiger partial charge in [-0.1, -0.05) is 6.07 Å². The topological polar surface area (TPSA) is 42.2 Å². The Kier molecular flexibility index (Phi) is 1.73. The first kappa shape index (κ1) is 7.94. The largest absolute Gasteiger partial charge is 0.307 e. The van der Waals surface area contributed by atoms with Gasteiger partial charge in [-0.05, 0) is 31.5 Å². The molecule has 0 bridgehead atoms. The van der Waals surface area contributed by atoms with Gasteiger partial charge >= 0.3 is 0 Å². The number of pyridine rings is 1. The highest BCUT2D eigenvalue weighted by Crippen LogP contribution is 2.21. The van der Waals surface area contributed by atoms with Crippen LogP contribution in [0, 0.1) is 0 Å². The maximum Gasteiger partial charge on any atom is 0.160 e. The molecule has 0 unspecified atom stereocenters. The van der Waals surface area contributed by atoms with Gasteiger partial charge in [0.25, 0.3) is 0 Å². The molecule has 0 spiro atoms. The van der Waals surface area contributed by atoms with Crippen LogP contribution in [0.3, 0.4) is 0 Å². The fourth-order valence-electron chi connectivity index (χ4n) is 2.00. The number of aromatic nitrogens is 3. The van der Waals surface area contributed by atoms with E-state index in [4.69, 9.17) is 0 Å². The molecule has 4 nitrogen and oxygen atoms in total. The molecule has 2 aromatic rings. The van der Waals surface area contributed by atoms with Gasteiger partial charge in [0.05, 0.1) is 6.04 Å². The first-order chi connectivity index (χ1) is 6.95. The van der Waals surface area contributed by atoms with Crippen molar-refractivity contribution in [2.75, 3.05) is 6.54 Å². The molecule has 3 rings (SSSR count). The number of rotatable bonds is 1. The van der Waals surface area contributed by atoms with Crippen LogP contribution in [0.4, 0.5) is 0 Å². The van der Waals surface area contributed by atoms with Crippen molar-refractivity contribution in [2.24, 2.45) is 0 Å². The van der Waals surface area contributed by atoms with E-state index in [1.807, 2.05) is 24.4 Å². The van der Waals surface area contributed by atoms with E-state index in [0.717, 1.165) is 24.4 Å². The Morgan fingerprint density at radius 2 is 2.36 bits per heavy atom. The van der Waals surface area contributed by atoms with Gasteiger partial charge in [0.15, 0.2) is 11.5 Å². The van der Waals surface area contributed by atoms with Crippen LogP contribution in [0.1, 0.15) is 24.7 Å². The van der Waals surface area contributed by atoms with Crippen molar-refractivity contribution in [1.82, 2.24) is 19.9 Å². The number of nitrogens with one attached hydrogen (secondary N) is 1. The predicted molar refractivity (Wildman–Crippen MR) is 53.0 cm³/mol. The molecule has 1 saturated heterocycles. The molecule has 4 heteroatoms. The van der Waals surface area contributed by atoms with Crippen LogP contribution in [0.5, 0.6) is 0 Å². The molecular formula is C10H12N4. The summed E-state index contributed by atoms with van der Waals surface area (Å²) in [5, 5.41) is 11.8. The van der Waals surface area contributed by atoms with Crippen LogP contribution in [0.2, 0.25) is 0 Å². The summed E-state index contributed by atoms with van der Waals surface area (Å²) in [6, 6.07) is 6.35. The Morgan fingerprint density at radius 1 is 1.36 bits per heavy atom. The third kappa shape index (κ3) is 1.11. The first-order valence-electron chi connectivity index (χ1n) is 4.98. The SMILES string of the molecule is c1ccn2c([C@@H]3CCCN3)nnc2c1. The number of hydrogen-bond donors (Lipinski definition) is 1. The summed E-state index contributed by atoms with van der Waals surface area (Å²) >= 11 is 0. The zero-order valence-electron chi connectivity index (χ0n) is 7.85. The Balaban J connectivity index is 2.11. The lowest BCUT2D eigenvalue weighted by atomic mass is 10.2. The molecule has 0 saturated carbocycles. The minimum atomic E-state index is 0.382. The molecule has 2 aromatic heterocycles. The van der Waals surface area contributed by atoms with Gasteiger partial charge in [-0.25, -0.2) is 0 Å². The van der Waals surface area contributed by atoms with E-state index < -0.39 is 0 Å². The smallest absolute Gasteiger partial charge is 0.160 e. The average molecular weight is 188 g/mol. The van der Waals surface area contributed by atoms with E-state index in [1.165, 1.54) is 6.42 Å². The van der Waals surface area contributed by atoms with Gasteiger partial charge in [-0.15, -0.1) is 10.2 Å². The van der Waals surface area contributed by atoms with Crippen molar-refractivity contribution in [3.05, 3.63) is 30.2 Å². The van der Waals surface area contributed by atoms with E-state index in [9.17, 15) is 0 Å². The zero-order chi connectivity index (χ0) is 9.38. The Bertz CT molecular complexity index is 442. The summed E-state index contributed by atoms with van der Waals surface area (Å²) in [4.78, 5) is 0. The minimum Gasteiger partial charge on any atom is -0.307 e. The van der Waals surface area contributed by atoms with Crippen LogP contribution in [0.25, 0.3) is 5.65 Å². The van der Waals surface area contributed by atoms with Crippen molar-refractivity contribution in [3.63, 3.8) is 0 Å². The highest BCUT2D eigenvalue weighted by molar-refractivity contribution is 5.37. The quantitative estimate of drug-likeness (QED) is 0.730. The van der Waals surface area contributed by atoms with E-state index in [1.54, 1.807) is 0 Å². The van der Waals surface area contributed by atoms with Crippen molar-refractivity contribution >= 4 is 5.65 Å². The van der Waals surface area contributed by atoms with Crippen molar-refractivity contribution in [3.8, 4) is 0 Å². The fourth-order valence-corrected chi connectivity index (χ4v) is 2.00. The zero-order valence-corrected chi connectivity index (χ0v) is 7.85. The second kappa shape index (κ2) is 3.06. The van der Waals surface area contributed by atoms with Crippen LogP contribution in [0.15, 0.2) is 24.4 Å².